The zero-order valence-corrected chi connectivity index (χ0v) is 12.6. The van der Waals surface area contributed by atoms with Crippen LogP contribution in [0.2, 0.25) is 0 Å². The van der Waals surface area contributed by atoms with Gasteiger partial charge in [-0.05, 0) is 49.9 Å². The lowest BCUT2D eigenvalue weighted by atomic mass is 10.1. The number of benzene rings is 1. The molecule has 0 radical (unpaired) electrons. The third-order valence-corrected chi connectivity index (χ3v) is 3.65. The summed E-state index contributed by atoms with van der Waals surface area (Å²) in [7, 11) is 0. The summed E-state index contributed by atoms with van der Waals surface area (Å²) < 4.78 is 5.69. The fraction of sp³-hybridized carbons (Fsp3) is 0.500. The monoisotopic (exact) mass is 290 g/mol. The first-order valence-corrected chi connectivity index (χ1v) is 7.44. The van der Waals surface area contributed by atoms with Crippen LogP contribution in [0.1, 0.15) is 44.2 Å². The minimum Gasteiger partial charge on any atom is -0.481 e. The fourth-order valence-electron chi connectivity index (χ4n) is 2.41. The number of fused-ring (bicyclic) bond motifs is 1. The highest BCUT2D eigenvalue weighted by Crippen LogP contribution is 2.27. The molecule has 0 aromatic heterocycles. The number of carbonyl (C=O) groups excluding carboxylic acids is 1. The zero-order chi connectivity index (χ0) is 15.2. The van der Waals surface area contributed by atoms with Gasteiger partial charge in [0.2, 0.25) is 0 Å². The quantitative estimate of drug-likeness (QED) is 0.480. The van der Waals surface area contributed by atoms with Crippen molar-refractivity contribution in [2.75, 3.05) is 6.54 Å². The van der Waals surface area contributed by atoms with Crippen molar-refractivity contribution in [1.82, 2.24) is 5.32 Å². The molecule has 0 fully saturated rings. The number of oxime groups is 1. The van der Waals surface area contributed by atoms with E-state index in [-0.39, 0.29) is 5.91 Å². The maximum absolute atomic E-state index is 11.9. The van der Waals surface area contributed by atoms with E-state index in [0.29, 0.717) is 18.0 Å². The van der Waals surface area contributed by atoms with E-state index in [0.717, 1.165) is 36.8 Å². The number of hydrogen-bond acceptors (Lipinski definition) is 4. The lowest BCUT2D eigenvalue weighted by Gasteiger charge is -2.15. The van der Waals surface area contributed by atoms with Crippen molar-refractivity contribution in [3.8, 4) is 5.75 Å². The molecule has 0 aliphatic heterocycles. The van der Waals surface area contributed by atoms with Gasteiger partial charge in [-0.2, -0.15) is 0 Å². The number of nitrogens with zero attached hydrogens (tertiary/aromatic N) is 1. The van der Waals surface area contributed by atoms with Crippen LogP contribution in [0.4, 0.5) is 0 Å². The van der Waals surface area contributed by atoms with E-state index in [2.05, 4.69) is 17.4 Å². The smallest absolute Gasteiger partial charge is 0.260 e. The average molecular weight is 290 g/mol. The van der Waals surface area contributed by atoms with E-state index in [1.54, 1.807) is 6.92 Å². The molecule has 5 heteroatoms. The van der Waals surface area contributed by atoms with Gasteiger partial charge in [0.15, 0.2) is 6.10 Å². The Balaban J connectivity index is 1.96. The van der Waals surface area contributed by atoms with E-state index < -0.39 is 6.10 Å². The molecule has 1 unspecified atom stereocenters. The van der Waals surface area contributed by atoms with Crippen molar-refractivity contribution in [3.63, 3.8) is 0 Å². The molecule has 1 aliphatic carbocycles. The number of nitrogens with one attached hydrogen (secondary N) is 1. The van der Waals surface area contributed by atoms with Gasteiger partial charge < -0.3 is 15.3 Å². The molecule has 1 aliphatic rings. The van der Waals surface area contributed by atoms with Gasteiger partial charge in [-0.3, -0.25) is 4.79 Å². The lowest BCUT2D eigenvalue weighted by molar-refractivity contribution is -0.127. The summed E-state index contributed by atoms with van der Waals surface area (Å²) in [5.74, 6) is 0.577. The fourth-order valence-corrected chi connectivity index (χ4v) is 2.41. The van der Waals surface area contributed by atoms with Gasteiger partial charge in [-0.1, -0.05) is 18.5 Å². The third kappa shape index (κ3) is 3.74. The predicted octanol–water partition coefficient (Wildman–Crippen LogP) is 2.49. The topological polar surface area (TPSA) is 70.9 Å². The molecule has 0 heterocycles. The van der Waals surface area contributed by atoms with Gasteiger partial charge in [0.25, 0.3) is 5.91 Å². The van der Waals surface area contributed by atoms with Crippen molar-refractivity contribution in [3.05, 3.63) is 29.3 Å². The minimum atomic E-state index is -0.521. The molecule has 1 amide bonds. The summed E-state index contributed by atoms with van der Waals surface area (Å²) in [6, 6.07) is 5.61. The summed E-state index contributed by atoms with van der Waals surface area (Å²) in [6.07, 6.45) is 3.08. The van der Waals surface area contributed by atoms with Crippen molar-refractivity contribution in [2.45, 2.75) is 45.6 Å². The molecule has 114 valence electrons. The van der Waals surface area contributed by atoms with Crippen LogP contribution in [0.5, 0.6) is 5.75 Å². The van der Waals surface area contributed by atoms with E-state index in [1.165, 1.54) is 0 Å². The molecular weight excluding hydrogens is 268 g/mol. The van der Waals surface area contributed by atoms with Gasteiger partial charge in [-0.25, -0.2) is 0 Å². The number of ether oxygens (including phenoxy) is 1. The van der Waals surface area contributed by atoms with Crippen LogP contribution in [0.15, 0.2) is 23.4 Å². The largest absolute Gasteiger partial charge is 0.481 e. The molecule has 1 aromatic carbocycles. The van der Waals surface area contributed by atoms with Crippen LogP contribution < -0.4 is 10.1 Å². The van der Waals surface area contributed by atoms with Crippen molar-refractivity contribution < 1.29 is 14.7 Å². The summed E-state index contributed by atoms with van der Waals surface area (Å²) in [5, 5.41) is 15.1. The molecule has 21 heavy (non-hydrogen) atoms. The molecule has 2 rings (SSSR count). The highest BCUT2D eigenvalue weighted by molar-refractivity contribution is 6.04. The SMILES string of the molecule is CCCCNC(=O)C(C)Oc1ccc2c(c1)CC/C2=N\O. The number of unbranched alkanes of at least 4 members (excludes halogenated alkanes) is 1. The van der Waals surface area contributed by atoms with Crippen LogP contribution >= 0.6 is 0 Å². The van der Waals surface area contributed by atoms with E-state index in [1.807, 2.05) is 18.2 Å². The van der Waals surface area contributed by atoms with Crippen molar-refractivity contribution in [1.29, 1.82) is 0 Å². The molecular formula is C16H22N2O3. The van der Waals surface area contributed by atoms with Crippen molar-refractivity contribution >= 4 is 11.6 Å². The molecule has 1 atom stereocenters. The Labute approximate surface area is 125 Å². The summed E-state index contributed by atoms with van der Waals surface area (Å²) >= 11 is 0. The maximum Gasteiger partial charge on any atom is 0.260 e. The number of amides is 1. The highest BCUT2D eigenvalue weighted by Gasteiger charge is 2.20. The van der Waals surface area contributed by atoms with Gasteiger partial charge in [-0.15, -0.1) is 0 Å². The maximum atomic E-state index is 11.9. The van der Waals surface area contributed by atoms with E-state index in [4.69, 9.17) is 9.94 Å². The van der Waals surface area contributed by atoms with Crippen LogP contribution in [0.25, 0.3) is 0 Å². The Bertz CT molecular complexity index is 540. The normalized spacial score (nSPS) is 16.6. The van der Waals surface area contributed by atoms with Crippen molar-refractivity contribution in [2.24, 2.45) is 5.16 Å². The molecule has 0 saturated heterocycles. The highest BCUT2D eigenvalue weighted by atomic mass is 16.5. The summed E-state index contributed by atoms with van der Waals surface area (Å²) in [5.41, 5.74) is 2.77. The minimum absolute atomic E-state index is 0.0958. The summed E-state index contributed by atoms with van der Waals surface area (Å²) in [6.45, 7) is 4.51. The average Bonchev–Trinajstić information content (AvgIpc) is 2.89. The van der Waals surface area contributed by atoms with Gasteiger partial charge in [0.1, 0.15) is 5.75 Å². The third-order valence-electron chi connectivity index (χ3n) is 3.65. The molecule has 0 saturated carbocycles. The number of rotatable bonds is 6. The molecule has 0 spiro atoms. The Morgan fingerprint density at radius 2 is 2.29 bits per heavy atom. The molecule has 0 bridgehead atoms. The first kappa shape index (κ1) is 15.4. The first-order chi connectivity index (χ1) is 10.2. The number of carbonyl (C=O) groups is 1. The van der Waals surface area contributed by atoms with Crippen LogP contribution in [0.3, 0.4) is 0 Å². The zero-order valence-electron chi connectivity index (χ0n) is 12.6. The Morgan fingerprint density at radius 1 is 1.48 bits per heavy atom. The van der Waals surface area contributed by atoms with E-state index >= 15 is 0 Å². The lowest BCUT2D eigenvalue weighted by Crippen LogP contribution is -2.36. The molecule has 5 nitrogen and oxygen atoms in total. The second-order valence-corrected chi connectivity index (χ2v) is 5.27. The van der Waals surface area contributed by atoms with Gasteiger partial charge in [0.05, 0.1) is 5.71 Å². The Kier molecular flexibility index (Phi) is 5.20. The molecule has 1 aromatic rings. The van der Waals surface area contributed by atoms with Crippen LogP contribution in [0, 0.1) is 0 Å². The van der Waals surface area contributed by atoms with Crippen LogP contribution in [-0.4, -0.2) is 29.5 Å². The Morgan fingerprint density at radius 3 is 3.00 bits per heavy atom. The first-order valence-electron chi connectivity index (χ1n) is 7.44. The number of hydrogen-bond donors (Lipinski definition) is 2. The van der Waals surface area contributed by atoms with Gasteiger partial charge >= 0.3 is 0 Å². The standard InChI is InChI=1S/C16H22N2O3/c1-3-4-9-17-16(19)11(2)21-13-6-7-14-12(10-13)5-8-15(14)18-20/h6-7,10-11,20H,3-5,8-9H2,1-2H3,(H,17,19)/b18-15+. The van der Waals surface area contributed by atoms with Crippen LogP contribution in [-0.2, 0) is 11.2 Å². The van der Waals surface area contributed by atoms with E-state index in [9.17, 15) is 4.79 Å². The molecule has 2 N–H and O–H groups in total. The van der Waals surface area contributed by atoms with Gasteiger partial charge in [0, 0.05) is 12.1 Å². The second-order valence-electron chi connectivity index (χ2n) is 5.27. The predicted molar refractivity (Wildman–Crippen MR) is 81.1 cm³/mol. The Hall–Kier alpha value is -2.04. The number of aryl methyl sites for hydroxylation is 1. The second kappa shape index (κ2) is 7.11. The summed E-state index contributed by atoms with van der Waals surface area (Å²) in [4.78, 5) is 11.9.